The summed E-state index contributed by atoms with van der Waals surface area (Å²) >= 11 is 0. The normalized spacial score (nSPS) is 23.7. The highest BCUT2D eigenvalue weighted by Crippen LogP contribution is 2.41. The van der Waals surface area contributed by atoms with Crippen LogP contribution in [-0.2, 0) is 19.1 Å². The van der Waals surface area contributed by atoms with Crippen LogP contribution in [0.3, 0.4) is 0 Å². The van der Waals surface area contributed by atoms with Crippen molar-refractivity contribution in [3.8, 4) is 0 Å². The van der Waals surface area contributed by atoms with Crippen molar-refractivity contribution in [3.63, 3.8) is 0 Å². The van der Waals surface area contributed by atoms with Crippen molar-refractivity contribution in [1.29, 1.82) is 0 Å². The molecule has 0 spiro atoms. The van der Waals surface area contributed by atoms with Gasteiger partial charge in [-0.1, -0.05) is 26.7 Å². The molecule has 1 rings (SSSR count). The van der Waals surface area contributed by atoms with Gasteiger partial charge in [0.05, 0.1) is 25.6 Å². The van der Waals surface area contributed by atoms with Crippen LogP contribution in [-0.4, -0.2) is 25.2 Å². The van der Waals surface area contributed by atoms with Crippen molar-refractivity contribution < 1.29 is 19.1 Å². The first kappa shape index (κ1) is 18.0. The zero-order chi connectivity index (χ0) is 15.8. The highest BCUT2D eigenvalue weighted by molar-refractivity contribution is 5.80. The van der Waals surface area contributed by atoms with E-state index in [1.54, 1.807) is 13.8 Å². The second kappa shape index (κ2) is 9.06. The van der Waals surface area contributed by atoms with E-state index < -0.39 is 0 Å². The first-order valence-corrected chi connectivity index (χ1v) is 8.33. The maximum Gasteiger partial charge on any atom is 0.309 e. The molecular weight excluding hydrogens is 268 g/mol. The van der Waals surface area contributed by atoms with E-state index in [1.807, 2.05) is 0 Å². The minimum absolute atomic E-state index is 0.153. The van der Waals surface area contributed by atoms with Crippen molar-refractivity contribution >= 4 is 11.9 Å². The predicted octanol–water partition coefficient (Wildman–Crippen LogP) is 3.58. The smallest absolute Gasteiger partial charge is 0.309 e. The van der Waals surface area contributed by atoms with E-state index in [4.69, 9.17) is 9.47 Å². The van der Waals surface area contributed by atoms with Gasteiger partial charge in [0.25, 0.3) is 0 Å². The molecule has 1 fully saturated rings. The Hall–Kier alpha value is -1.06. The molecule has 0 radical (unpaired) electrons. The molecule has 4 heteroatoms. The molecule has 1 aliphatic carbocycles. The number of ether oxygens (including phenoxy) is 2. The SMILES string of the molecule is CCOC(=O)CC(C(=O)OCC)C1CCCCC1C(C)C. The number of carbonyl (C=O) groups is 2. The third kappa shape index (κ3) is 5.33. The summed E-state index contributed by atoms with van der Waals surface area (Å²) in [4.78, 5) is 24.2. The van der Waals surface area contributed by atoms with Gasteiger partial charge in [-0.25, -0.2) is 0 Å². The first-order valence-electron chi connectivity index (χ1n) is 8.33. The number of esters is 2. The maximum absolute atomic E-state index is 12.3. The Morgan fingerprint density at radius 2 is 1.57 bits per heavy atom. The van der Waals surface area contributed by atoms with Gasteiger partial charge in [0.15, 0.2) is 0 Å². The van der Waals surface area contributed by atoms with Gasteiger partial charge >= 0.3 is 11.9 Å². The molecule has 3 atom stereocenters. The van der Waals surface area contributed by atoms with Crippen LogP contribution >= 0.6 is 0 Å². The molecule has 0 N–H and O–H groups in total. The molecule has 4 nitrogen and oxygen atoms in total. The van der Waals surface area contributed by atoms with Gasteiger partial charge in [-0.2, -0.15) is 0 Å². The summed E-state index contributed by atoms with van der Waals surface area (Å²) in [6, 6.07) is 0. The monoisotopic (exact) mass is 298 g/mol. The van der Waals surface area contributed by atoms with E-state index in [9.17, 15) is 9.59 Å². The second-order valence-electron chi connectivity index (χ2n) is 6.22. The quantitative estimate of drug-likeness (QED) is 0.674. The summed E-state index contributed by atoms with van der Waals surface area (Å²) in [6.07, 6.45) is 4.65. The van der Waals surface area contributed by atoms with E-state index in [1.165, 1.54) is 6.42 Å². The number of carbonyl (C=O) groups excluding carboxylic acids is 2. The largest absolute Gasteiger partial charge is 0.466 e. The van der Waals surface area contributed by atoms with E-state index >= 15 is 0 Å². The minimum Gasteiger partial charge on any atom is -0.466 e. The molecule has 0 bridgehead atoms. The van der Waals surface area contributed by atoms with Crippen LogP contribution in [0, 0.1) is 23.7 Å². The van der Waals surface area contributed by atoms with Crippen molar-refractivity contribution in [2.75, 3.05) is 13.2 Å². The fourth-order valence-electron chi connectivity index (χ4n) is 3.57. The second-order valence-corrected chi connectivity index (χ2v) is 6.22. The Morgan fingerprint density at radius 3 is 2.10 bits per heavy atom. The van der Waals surface area contributed by atoms with Crippen molar-refractivity contribution in [2.24, 2.45) is 23.7 Å². The summed E-state index contributed by atoms with van der Waals surface area (Å²) in [6.45, 7) is 8.71. The molecule has 0 aromatic carbocycles. The van der Waals surface area contributed by atoms with Crippen LogP contribution in [0.15, 0.2) is 0 Å². The van der Waals surface area contributed by atoms with Crippen LogP contribution in [0.5, 0.6) is 0 Å². The molecule has 0 aromatic rings. The fourth-order valence-corrected chi connectivity index (χ4v) is 3.57. The van der Waals surface area contributed by atoms with Crippen LogP contribution in [0.4, 0.5) is 0 Å². The molecule has 0 amide bonds. The third-order valence-corrected chi connectivity index (χ3v) is 4.53. The van der Waals surface area contributed by atoms with E-state index in [0.29, 0.717) is 25.0 Å². The van der Waals surface area contributed by atoms with Gasteiger partial charge in [-0.3, -0.25) is 9.59 Å². The predicted molar refractivity (Wildman–Crippen MR) is 81.7 cm³/mol. The topological polar surface area (TPSA) is 52.6 Å². The molecule has 21 heavy (non-hydrogen) atoms. The molecule has 1 saturated carbocycles. The third-order valence-electron chi connectivity index (χ3n) is 4.53. The lowest BCUT2D eigenvalue weighted by atomic mass is 9.67. The Kier molecular flexibility index (Phi) is 7.76. The van der Waals surface area contributed by atoms with Gasteiger partial charge in [-0.05, 0) is 44.4 Å². The summed E-state index contributed by atoms with van der Waals surface area (Å²) in [5, 5.41) is 0. The number of rotatable bonds is 7. The highest BCUT2D eigenvalue weighted by Gasteiger charge is 2.39. The zero-order valence-electron chi connectivity index (χ0n) is 13.9. The summed E-state index contributed by atoms with van der Waals surface area (Å²) in [7, 11) is 0. The molecule has 3 unspecified atom stereocenters. The maximum atomic E-state index is 12.3. The van der Waals surface area contributed by atoms with Gasteiger partial charge in [0.1, 0.15) is 0 Å². The molecule has 122 valence electrons. The summed E-state index contributed by atoms with van der Waals surface area (Å²) in [5.41, 5.74) is 0. The van der Waals surface area contributed by atoms with Gasteiger partial charge in [0, 0.05) is 0 Å². The van der Waals surface area contributed by atoms with Crippen LogP contribution in [0.25, 0.3) is 0 Å². The average molecular weight is 298 g/mol. The van der Waals surface area contributed by atoms with E-state index in [-0.39, 0.29) is 30.2 Å². The van der Waals surface area contributed by atoms with Gasteiger partial charge in [0.2, 0.25) is 0 Å². The summed E-state index contributed by atoms with van der Waals surface area (Å²) < 4.78 is 10.3. The molecule has 0 aliphatic heterocycles. The number of hydrogen-bond acceptors (Lipinski definition) is 4. The molecule has 0 saturated heterocycles. The minimum atomic E-state index is -0.350. The Labute approximate surface area is 128 Å². The Bertz CT molecular complexity index is 338. The summed E-state index contributed by atoms with van der Waals surface area (Å²) in [5.74, 6) is 0.377. The van der Waals surface area contributed by atoms with Crippen molar-refractivity contribution in [1.82, 2.24) is 0 Å². The van der Waals surface area contributed by atoms with Gasteiger partial charge < -0.3 is 9.47 Å². The van der Waals surface area contributed by atoms with Crippen molar-refractivity contribution in [3.05, 3.63) is 0 Å². The number of hydrogen-bond donors (Lipinski definition) is 0. The van der Waals surface area contributed by atoms with Crippen molar-refractivity contribution in [2.45, 2.75) is 59.8 Å². The Balaban J connectivity index is 2.86. The lowest BCUT2D eigenvalue weighted by Gasteiger charge is -2.38. The Morgan fingerprint density at radius 1 is 1.00 bits per heavy atom. The van der Waals surface area contributed by atoms with Crippen LogP contribution < -0.4 is 0 Å². The lowest BCUT2D eigenvalue weighted by molar-refractivity contribution is -0.158. The standard InChI is InChI=1S/C17H30O4/c1-5-20-16(18)11-15(17(19)21-6-2)14-10-8-7-9-13(14)12(3)4/h12-15H,5-11H2,1-4H3. The first-order chi connectivity index (χ1) is 10.0. The average Bonchev–Trinajstić information content (AvgIpc) is 2.45. The fraction of sp³-hybridized carbons (Fsp3) is 0.882. The molecule has 0 aromatic heterocycles. The molecular formula is C17H30O4. The van der Waals surface area contributed by atoms with Crippen LogP contribution in [0.2, 0.25) is 0 Å². The highest BCUT2D eigenvalue weighted by atomic mass is 16.5. The van der Waals surface area contributed by atoms with E-state index in [2.05, 4.69) is 13.8 Å². The molecule has 1 aliphatic rings. The zero-order valence-corrected chi connectivity index (χ0v) is 13.9. The molecule has 0 heterocycles. The van der Waals surface area contributed by atoms with E-state index in [0.717, 1.165) is 19.3 Å². The van der Waals surface area contributed by atoms with Crippen LogP contribution in [0.1, 0.15) is 59.8 Å². The lowest BCUT2D eigenvalue weighted by Crippen LogP contribution is -2.37. The van der Waals surface area contributed by atoms with Gasteiger partial charge in [-0.15, -0.1) is 0 Å².